The standard InChI is InChI=1S/C17H20N2O3/c1-22-15-3-2-14-16(19-15)12(7-11-18-14)4-8-17(21)9-5-13(20)6-10-17/h2-3,7,11,21H,4-6,8-10H2,1H3. The molecule has 22 heavy (non-hydrogen) atoms. The van der Waals surface area contributed by atoms with Crippen molar-refractivity contribution in [1.82, 2.24) is 9.97 Å². The van der Waals surface area contributed by atoms with E-state index in [4.69, 9.17) is 4.74 Å². The number of Topliss-reactive ketones (excluding diaryl/α,β-unsaturated/α-hetero) is 1. The molecule has 0 saturated heterocycles. The molecule has 0 spiro atoms. The fraction of sp³-hybridized carbons (Fsp3) is 0.471. The molecule has 0 unspecified atom stereocenters. The van der Waals surface area contributed by atoms with Gasteiger partial charge in [0, 0.05) is 25.1 Å². The first-order chi connectivity index (χ1) is 10.6. The predicted molar refractivity (Wildman–Crippen MR) is 82.8 cm³/mol. The number of aryl methyl sites for hydroxylation is 1. The van der Waals surface area contributed by atoms with Crippen LogP contribution < -0.4 is 4.74 Å². The number of carbonyl (C=O) groups is 1. The van der Waals surface area contributed by atoms with Crippen molar-refractivity contribution in [3.8, 4) is 5.88 Å². The molecule has 1 aliphatic carbocycles. The second-order valence-electron chi connectivity index (χ2n) is 5.95. The Hall–Kier alpha value is -2.01. The van der Waals surface area contributed by atoms with Crippen LogP contribution in [-0.2, 0) is 11.2 Å². The van der Waals surface area contributed by atoms with Gasteiger partial charge >= 0.3 is 0 Å². The summed E-state index contributed by atoms with van der Waals surface area (Å²) in [5.41, 5.74) is 1.96. The summed E-state index contributed by atoms with van der Waals surface area (Å²) in [6.07, 6.45) is 5.21. The van der Waals surface area contributed by atoms with E-state index in [-0.39, 0.29) is 5.78 Å². The van der Waals surface area contributed by atoms with Gasteiger partial charge in [-0.25, -0.2) is 4.98 Å². The fourth-order valence-electron chi connectivity index (χ4n) is 2.99. The van der Waals surface area contributed by atoms with Crippen LogP contribution >= 0.6 is 0 Å². The zero-order chi connectivity index (χ0) is 15.6. The van der Waals surface area contributed by atoms with Crippen LogP contribution in [0.5, 0.6) is 5.88 Å². The molecule has 0 aliphatic heterocycles. The van der Waals surface area contributed by atoms with Crippen LogP contribution in [0.25, 0.3) is 11.0 Å². The summed E-state index contributed by atoms with van der Waals surface area (Å²) in [6.45, 7) is 0. The van der Waals surface area contributed by atoms with E-state index in [0.29, 0.717) is 44.4 Å². The normalized spacial score (nSPS) is 17.6. The third kappa shape index (κ3) is 3.09. The summed E-state index contributed by atoms with van der Waals surface area (Å²) >= 11 is 0. The second-order valence-corrected chi connectivity index (χ2v) is 5.95. The van der Waals surface area contributed by atoms with Crippen LogP contribution in [0.15, 0.2) is 24.4 Å². The molecule has 1 saturated carbocycles. The quantitative estimate of drug-likeness (QED) is 0.939. The van der Waals surface area contributed by atoms with Gasteiger partial charge in [-0.1, -0.05) is 0 Å². The lowest BCUT2D eigenvalue weighted by Gasteiger charge is -2.31. The third-order valence-electron chi connectivity index (χ3n) is 4.45. The Labute approximate surface area is 129 Å². The number of aromatic nitrogens is 2. The van der Waals surface area contributed by atoms with Crippen molar-refractivity contribution in [3.63, 3.8) is 0 Å². The van der Waals surface area contributed by atoms with Gasteiger partial charge in [-0.15, -0.1) is 0 Å². The second kappa shape index (κ2) is 6.01. The van der Waals surface area contributed by atoms with Gasteiger partial charge in [0.15, 0.2) is 0 Å². The number of hydrogen-bond donors (Lipinski definition) is 1. The van der Waals surface area contributed by atoms with Crippen molar-refractivity contribution in [2.75, 3.05) is 7.11 Å². The molecule has 0 bridgehead atoms. The van der Waals surface area contributed by atoms with Crippen molar-refractivity contribution in [2.45, 2.75) is 44.1 Å². The number of carbonyl (C=O) groups excluding carboxylic acids is 1. The highest BCUT2D eigenvalue weighted by Gasteiger charge is 2.32. The molecule has 5 nitrogen and oxygen atoms in total. The van der Waals surface area contributed by atoms with Crippen LogP contribution in [0, 0.1) is 0 Å². The minimum Gasteiger partial charge on any atom is -0.481 e. The Balaban J connectivity index is 1.80. The maximum Gasteiger partial charge on any atom is 0.213 e. The lowest BCUT2D eigenvalue weighted by atomic mass is 9.80. The molecule has 0 radical (unpaired) electrons. The summed E-state index contributed by atoms with van der Waals surface area (Å²) in [6, 6.07) is 5.62. The Kier molecular flexibility index (Phi) is 4.07. The number of hydrogen-bond acceptors (Lipinski definition) is 5. The molecule has 1 fully saturated rings. The number of ether oxygens (including phenoxy) is 1. The molecule has 116 valence electrons. The largest absolute Gasteiger partial charge is 0.481 e. The maximum atomic E-state index is 11.3. The zero-order valence-corrected chi connectivity index (χ0v) is 12.7. The number of nitrogens with zero attached hydrogens (tertiary/aromatic N) is 2. The summed E-state index contributed by atoms with van der Waals surface area (Å²) < 4.78 is 5.18. The lowest BCUT2D eigenvalue weighted by Crippen LogP contribution is -2.34. The van der Waals surface area contributed by atoms with Crippen LogP contribution in [0.2, 0.25) is 0 Å². The first-order valence-corrected chi connectivity index (χ1v) is 7.62. The average molecular weight is 300 g/mol. The van der Waals surface area contributed by atoms with E-state index in [2.05, 4.69) is 9.97 Å². The highest BCUT2D eigenvalue weighted by atomic mass is 16.5. The molecule has 3 rings (SSSR count). The van der Waals surface area contributed by atoms with Crippen molar-refractivity contribution in [2.24, 2.45) is 0 Å². The summed E-state index contributed by atoms with van der Waals surface area (Å²) in [7, 11) is 1.59. The van der Waals surface area contributed by atoms with Crippen molar-refractivity contribution < 1.29 is 14.6 Å². The number of methoxy groups -OCH3 is 1. The number of rotatable bonds is 4. The molecule has 2 aromatic heterocycles. The molecule has 0 atom stereocenters. The van der Waals surface area contributed by atoms with Crippen molar-refractivity contribution in [1.29, 1.82) is 0 Å². The Morgan fingerprint density at radius 1 is 1.27 bits per heavy atom. The topological polar surface area (TPSA) is 72.3 Å². The van der Waals surface area contributed by atoms with Gasteiger partial charge in [-0.3, -0.25) is 9.78 Å². The van der Waals surface area contributed by atoms with Crippen molar-refractivity contribution >= 4 is 16.8 Å². The molecular weight excluding hydrogens is 280 g/mol. The van der Waals surface area contributed by atoms with E-state index in [1.807, 2.05) is 12.1 Å². The molecule has 1 aliphatic rings. The third-order valence-corrected chi connectivity index (χ3v) is 4.45. The van der Waals surface area contributed by atoms with Gasteiger partial charge in [-0.2, -0.15) is 0 Å². The first kappa shape index (κ1) is 14.9. The SMILES string of the molecule is COc1ccc2nccc(CCC3(O)CCC(=O)CC3)c2n1. The van der Waals surface area contributed by atoms with Gasteiger partial charge in [-0.05, 0) is 43.4 Å². The molecular formula is C17H20N2O3. The highest BCUT2D eigenvalue weighted by molar-refractivity contribution is 5.79. The minimum absolute atomic E-state index is 0.255. The molecule has 5 heteroatoms. The smallest absolute Gasteiger partial charge is 0.213 e. The average Bonchev–Trinajstić information content (AvgIpc) is 2.55. The van der Waals surface area contributed by atoms with Gasteiger partial charge in [0.1, 0.15) is 5.78 Å². The van der Waals surface area contributed by atoms with Gasteiger partial charge in [0.05, 0.1) is 23.7 Å². The Bertz CT molecular complexity index is 689. The summed E-state index contributed by atoms with van der Waals surface area (Å²) in [5.74, 6) is 0.814. The molecule has 0 aromatic carbocycles. The minimum atomic E-state index is -0.734. The van der Waals surface area contributed by atoms with Crippen LogP contribution in [0.1, 0.15) is 37.7 Å². The fourth-order valence-corrected chi connectivity index (χ4v) is 2.99. The van der Waals surface area contributed by atoms with E-state index < -0.39 is 5.60 Å². The number of aliphatic hydroxyl groups is 1. The predicted octanol–water partition coefficient (Wildman–Crippen LogP) is 2.45. The summed E-state index contributed by atoms with van der Waals surface area (Å²) in [4.78, 5) is 20.1. The highest BCUT2D eigenvalue weighted by Crippen LogP contribution is 2.31. The lowest BCUT2D eigenvalue weighted by molar-refractivity contribution is -0.125. The van der Waals surface area contributed by atoms with E-state index in [0.717, 1.165) is 16.6 Å². The van der Waals surface area contributed by atoms with Gasteiger partial charge < -0.3 is 9.84 Å². The van der Waals surface area contributed by atoms with Crippen molar-refractivity contribution in [3.05, 3.63) is 30.0 Å². The van der Waals surface area contributed by atoms with E-state index >= 15 is 0 Å². The summed E-state index contributed by atoms with van der Waals surface area (Å²) in [5, 5.41) is 10.6. The monoisotopic (exact) mass is 300 g/mol. The number of fused-ring (bicyclic) bond motifs is 1. The Morgan fingerprint density at radius 2 is 2.05 bits per heavy atom. The molecule has 0 amide bonds. The molecule has 1 N–H and O–H groups in total. The van der Waals surface area contributed by atoms with Crippen LogP contribution in [-0.4, -0.2) is 33.6 Å². The van der Waals surface area contributed by atoms with E-state index in [1.54, 1.807) is 19.4 Å². The van der Waals surface area contributed by atoms with Crippen LogP contribution in [0.3, 0.4) is 0 Å². The van der Waals surface area contributed by atoms with E-state index in [9.17, 15) is 9.90 Å². The number of ketones is 1. The van der Waals surface area contributed by atoms with E-state index in [1.165, 1.54) is 0 Å². The maximum absolute atomic E-state index is 11.3. The van der Waals surface area contributed by atoms with Gasteiger partial charge in [0.2, 0.25) is 5.88 Å². The number of pyridine rings is 2. The Morgan fingerprint density at radius 3 is 2.77 bits per heavy atom. The van der Waals surface area contributed by atoms with Crippen LogP contribution in [0.4, 0.5) is 0 Å². The first-order valence-electron chi connectivity index (χ1n) is 7.62. The van der Waals surface area contributed by atoms with Gasteiger partial charge in [0.25, 0.3) is 0 Å². The molecule has 2 aromatic rings. The molecule has 2 heterocycles. The zero-order valence-electron chi connectivity index (χ0n) is 12.7.